The Labute approximate surface area is 165 Å². The largest absolute Gasteiger partial charge is 0.507 e. The summed E-state index contributed by atoms with van der Waals surface area (Å²) in [6.07, 6.45) is 3.22. The van der Waals surface area contributed by atoms with Gasteiger partial charge in [-0.3, -0.25) is 4.79 Å². The summed E-state index contributed by atoms with van der Waals surface area (Å²) < 4.78 is 0. The van der Waals surface area contributed by atoms with Gasteiger partial charge in [-0.15, -0.1) is 0 Å². The lowest BCUT2D eigenvalue weighted by Crippen LogP contribution is -2.55. The lowest BCUT2D eigenvalue weighted by atomic mass is 10.0. The second kappa shape index (κ2) is 8.14. The number of hydrogen-bond acceptors (Lipinski definition) is 6. The lowest BCUT2D eigenvalue weighted by Gasteiger charge is -2.38. The van der Waals surface area contributed by atoms with Crippen molar-refractivity contribution in [2.75, 3.05) is 37.6 Å². The molecule has 0 bridgehead atoms. The maximum atomic E-state index is 12.7. The number of phenols is 1. The van der Waals surface area contributed by atoms with Crippen LogP contribution in [0.4, 0.5) is 5.82 Å². The third-order valence-corrected chi connectivity index (χ3v) is 5.51. The number of anilines is 1. The van der Waals surface area contributed by atoms with Gasteiger partial charge in [0, 0.05) is 37.9 Å². The Morgan fingerprint density at radius 1 is 1.14 bits per heavy atom. The first-order chi connectivity index (χ1) is 13.6. The van der Waals surface area contributed by atoms with E-state index in [0.717, 1.165) is 50.4 Å². The van der Waals surface area contributed by atoms with E-state index in [1.165, 1.54) is 0 Å². The van der Waals surface area contributed by atoms with Gasteiger partial charge in [-0.25, -0.2) is 9.97 Å². The van der Waals surface area contributed by atoms with Crippen molar-refractivity contribution in [1.29, 1.82) is 0 Å². The maximum Gasteiger partial charge on any atom is 0.239 e. The third-order valence-electron chi connectivity index (χ3n) is 5.51. The van der Waals surface area contributed by atoms with Crippen molar-refractivity contribution in [3.8, 4) is 17.1 Å². The molecule has 0 spiro atoms. The second-order valence-corrected chi connectivity index (χ2v) is 7.52. The number of piperidine rings is 1. The summed E-state index contributed by atoms with van der Waals surface area (Å²) in [4.78, 5) is 26.1. The molecule has 4 rings (SSSR count). The molecule has 28 heavy (non-hydrogen) atoms. The van der Waals surface area contributed by atoms with Gasteiger partial charge in [0.15, 0.2) is 5.82 Å². The van der Waals surface area contributed by atoms with Crippen LogP contribution in [0.25, 0.3) is 11.4 Å². The molecule has 148 valence electrons. The first-order valence-electron chi connectivity index (χ1n) is 10.0. The highest BCUT2D eigenvalue weighted by atomic mass is 16.3. The van der Waals surface area contributed by atoms with E-state index in [0.29, 0.717) is 24.5 Å². The molecule has 2 saturated heterocycles. The number of phenolic OH excluding ortho intramolecular Hbond substituents is 1. The Morgan fingerprint density at radius 2 is 1.93 bits per heavy atom. The Morgan fingerprint density at radius 3 is 2.64 bits per heavy atom. The van der Waals surface area contributed by atoms with Gasteiger partial charge in [-0.05, 0) is 38.4 Å². The first-order valence-corrected chi connectivity index (χ1v) is 10.0. The Kier molecular flexibility index (Phi) is 5.43. The molecule has 2 aliphatic heterocycles. The number of carbonyl (C=O) groups excluding carboxylic acids is 1. The topological polar surface area (TPSA) is 81.6 Å². The van der Waals surface area contributed by atoms with Crippen LogP contribution >= 0.6 is 0 Å². The van der Waals surface area contributed by atoms with Gasteiger partial charge >= 0.3 is 0 Å². The van der Waals surface area contributed by atoms with Crippen LogP contribution in [0.1, 0.15) is 25.0 Å². The Balaban J connectivity index is 1.46. The van der Waals surface area contributed by atoms with E-state index in [1.807, 2.05) is 30.0 Å². The van der Waals surface area contributed by atoms with Gasteiger partial charge in [-0.2, -0.15) is 0 Å². The molecule has 2 aliphatic rings. The summed E-state index contributed by atoms with van der Waals surface area (Å²) in [5.41, 5.74) is 1.48. The molecule has 1 aromatic carbocycles. The minimum Gasteiger partial charge on any atom is -0.507 e. The molecular formula is C21H27N5O2. The predicted octanol–water partition coefficient (Wildman–Crippen LogP) is 1.95. The number of aryl methyl sites for hydroxylation is 1. The number of amides is 1. The molecule has 7 nitrogen and oxygen atoms in total. The van der Waals surface area contributed by atoms with Crippen LogP contribution in [0.2, 0.25) is 0 Å². The van der Waals surface area contributed by atoms with Gasteiger partial charge in [-0.1, -0.05) is 18.6 Å². The van der Waals surface area contributed by atoms with Crippen LogP contribution in [-0.2, 0) is 4.79 Å². The van der Waals surface area contributed by atoms with Gasteiger partial charge in [0.25, 0.3) is 0 Å². The van der Waals surface area contributed by atoms with Gasteiger partial charge in [0.05, 0.1) is 11.6 Å². The number of hydrogen-bond donors (Lipinski definition) is 2. The molecular weight excluding hydrogens is 354 g/mol. The van der Waals surface area contributed by atoms with Gasteiger partial charge in [0.2, 0.25) is 5.91 Å². The zero-order valence-corrected chi connectivity index (χ0v) is 16.3. The van der Waals surface area contributed by atoms with Crippen molar-refractivity contribution in [3.05, 3.63) is 36.0 Å². The first kappa shape index (κ1) is 18.7. The molecule has 1 unspecified atom stereocenters. The molecule has 1 aromatic heterocycles. The molecule has 0 radical (unpaired) electrons. The summed E-state index contributed by atoms with van der Waals surface area (Å²) in [5.74, 6) is 1.77. The summed E-state index contributed by atoms with van der Waals surface area (Å²) in [6, 6.07) is 9.06. The summed E-state index contributed by atoms with van der Waals surface area (Å²) >= 11 is 0. The van der Waals surface area contributed by atoms with Crippen LogP contribution in [0.5, 0.6) is 5.75 Å². The highest BCUT2D eigenvalue weighted by molar-refractivity contribution is 5.82. The van der Waals surface area contributed by atoms with E-state index < -0.39 is 0 Å². The van der Waals surface area contributed by atoms with Crippen LogP contribution in [0.3, 0.4) is 0 Å². The van der Waals surface area contributed by atoms with E-state index in [2.05, 4.69) is 20.2 Å². The molecule has 2 aromatic rings. The standard InChI is InChI=1S/C21H27N5O2/c1-15-14-19(24-20(23-15)16-6-2-3-8-18(16)27)25-10-12-26(13-11-25)21(28)17-7-4-5-9-22-17/h2-3,6,8,14,17,22,27H,4-5,7,9-13H2,1H3. The molecule has 1 atom stereocenters. The van der Waals surface area contributed by atoms with Crippen LogP contribution in [-0.4, -0.2) is 64.6 Å². The fourth-order valence-electron chi connectivity index (χ4n) is 3.94. The van der Waals surface area contributed by atoms with Crippen LogP contribution in [0, 0.1) is 6.92 Å². The van der Waals surface area contributed by atoms with Crippen molar-refractivity contribution >= 4 is 11.7 Å². The molecule has 3 heterocycles. The Hall–Kier alpha value is -2.67. The summed E-state index contributed by atoms with van der Waals surface area (Å²) in [6.45, 7) is 5.76. The van der Waals surface area contributed by atoms with Crippen molar-refractivity contribution < 1.29 is 9.90 Å². The minimum absolute atomic E-state index is 0.0192. The molecule has 1 amide bonds. The number of nitrogens with one attached hydrogen (secondary N) is 1. The van der Waals surface area contributed by atoms with E-state index in [4.69, 9.17) is 0 Å². The van der Waals surface area contributed by atoms with Gasteiger partial charge < -0.3 is 20.2 Å². The number of carbonyl (C=O) groups is 1. The monoisotopic (exact) mass is 381 g/mol. The predicted molar refractivity (Wildman–Crippen MR) is 108 cm³/mol. The van der Waals surface area contributed by atoms with E-state index in [9.17, 15) is 9.90 Å². The number of piperazine rings is 1. The van der Waals surface area contributed by atoms with E-state index in [1.54, 1.807) is 12.1 Å². The SMILES string of the molecule is Cc1cc(N2CCN(C(=O)C3CCCCN3)CC2)nc(-c2ccccc2O)n1. The van der Waals surface area contributed by atoms with Crippen molar-refractivity contribution in [2.24, 2.45) is 0 Å². The van der Waals surface area contributed by atoms with E-state index >= 15 is 0 Å². The minimum atomic E-state index is -0.0192. The molecule has 7 heteroatoms. The van der Waals surface area contributed by atoms with Gasteiger partial charge in [0.1, 0.15) is 11.6 Å². The average molecular weight is 381 g/mol. The molecule has 0 saturated carbocycles. The summed E-state index contributed by atoms with van der Waals surface area (Å²) in [7, 11) is 0. The lowest BCUT2D eigenvalue weighted by molar-refractivity contribution is -0.134. The van der Waals surface area contributed by atoms with Crippen LogP contribution < -0.4 is 10.2 Å². The average Bonchev–Trinajstić information content (AvgIpc) is 2.74. The number of rotatable bonds is 3. The smallest absolute Gasteiger partial charge is 0.239 e. The number of aromatic nitrogens is 2. The number of para-hydroxylation sites is 1. The fraction of sp³-hybridized carbons (Fsp3) is 0.476. The molecule has 2 N–H and O–H groups in total. The quantitative estimate of drug-likeness (QED) is 0.846. The summed E-state index contributed by atoms with van der Waals surface area (Å²) in [5, 5.41) is 13.5. The number of nitrogens with zero attached hydrogens (tertiary/aromatic N) is 4. The Bertz CT molecular complexity index is 842. The zero-order valence-electron chi connectivity index (χ0n) is 16.3. The van der Waals surface area contributed by atoms with Crippen molar-refractivity contribution in [2.45, 2.75) is 32.2 Å². The van der Waals surface area contributed by atoms with Crippen LogP contribution in [0.15, 0.2) is 30.3 Å². The van der Waals surface area contributed by atoms with E-state index in [-0.39, 0.29) is 17.7 Å². The van der Waals surface area contributed by atoms with Crippen molar-refractivity contribution in [3.63, 3.8) is 0 Å². The fourth-order valence-corrected chi connectivity index (χ4v) is 3.94. The number of benzene rings is 1. The highest BCUT2D eigenvalue weighted by Gasteiger charge is 2.28. The third kappa shape index (κ3) is 3.94. The highest BCUT2D eigenvalue weighted by Crippen LogP contribution is 2.28. The molecule has 0 aliphatic carbocycles. The zero-order chi connectivity index (χ0) is 19.5. The molecule has 2 fully saturated rings. The van der Waals surface area contributed by atoms with Crippen molar-refractivity contribution in [1.82, 2.24) is 20.2 Å². The second-order valence-electron chi connectivity index (χ2n) is 7.52. The number of aromatic hydroxyl groups is 1. The maximum absolute atomic E-state index is 12.7. The normalized spacial score (nSPS) is 20.2.